The lowest BCUT2D eigenvalue weighted by Crippen LogP contribution is -2.42. The molecule has 5 nitrogen and oxygen atoms in total. The highest BCUT2D eigenvalue weighted by Crippen LogP contribution is 2.27. The summed E-state index contributed by atoms with van der Waals surface area (Å²) in [6.07, 6.45) is 0.698. The standard InChI is InChI=1S/C13H23BrN2O3S/c1-6-13(4,5)16-20(17,18)11-7-10(19-12(11)14)8-15-9(2)3/h7,9,15-16H,6,8H2,1-5H3. The largest absolute Gasteiger partial charge is 0.452 e. The van der Waals surface area contributed by atoms with Gasteiger partial charge in [0.15, 0.2) is 4.67 Å². The molecule has 0 unspecified atom stereocenters. The highest BCUT2D eigenvalue weighted by molar-refractivity contribution is 9.10. The predicted octanol–water partition coefficient (Wildman–Crippen LogP) is 3.01. The van der Waals surface area contributed by atoms with Crippen LogP contribution < -0.4 is 10.0 Å². The van der Waals surface area contributed by atoms with Gasteiger partial charge in [-0.2, -0.15) is 0 Å². The molecule has 0 saturated carbocycles. The molecule has 0 aliphatic carbocycles. The van der Waals surface area contributed by atoms with Crippen LogP contribution in [0, 0.1) is 0 Å². The van der Waals surface area contributed by atoms with Gasteiger partial charge < -0.3 is 9.73 Å². The molecule has 0 atom stereocenters. The van der Waals surface area contributed by atoms with E-state index < -0.39 is 15.6 Å². The van der Waals surface area contributed by atoms with Crippen molar-refractivity contribution in [3.63, 3.8) is 0 Å². The third kappa shape index (κ3) is 4.87. The van der Waals surface area contributed by atoms with Gasteiger partial charge in [0, 0.05) is 17.6 Å². The van der Waals surface area contributed by atoms with Crippen molar-refractivity contribution in [3.05, 3.63) is 16.5 Å². The fourth-order valence-electron chi connectivity index (χ4n) is 1.46. The van der Waals surface area contributed by atoms with Crippen molar-refractivity contribution in [2.75, 3.05) is 0 Å². The van der Waals surface area contributed by atoms with E-state index >= 15 is 0 Å². The minimum absolute atomic E-state index is 0.139. The van der Waals surface area contributed by atoms with E-state index in [2.05, 4.69) is 26.0 Å². The van der Waals surface area contributed by atoms with E-state index in [4.69, 9.17) is 4.42 Å². The topological polar surface area (TPSA) is 71.3 Å². The molecule has 1 rings (SSSR count). The molecule has 0 bridgehead atoms. The molecule has 0 radical (unpaired) electrons. The molecule has 0 spiro atoms. The Hall–Kier alpha value is -0.370. The summed E-state index contributed by atoms with van der Waals surface area (Å²) in [5.74, 6) is 0.584. The van der Waals surface area contributed by atoms with Crippen molar-refractivity contribution >= 4 is 26.0 Å². The van der Waals surface area contributed by atoms with E-state index in [0.29, 0.717) is 24.8 Å². The molecule has 20 heavy (non-hydrogen) atoms. The Labute approximate surface area is 129 Å². The summed E-state index contributed by atoms with van der Waals surface area (Å²) in [5.41, 5.74) is -0.494. The Morgan fingerprint density at radius 2 is 2.00 bits per heavy atom. The van der Waals surface area contributed by atoms with E-state index in [0.717, 1.165) is 0 Å². The summed E-state index contributed by atoms with van der Waals surface area (Å²) < 4.78 is 33.1. The normalized spacial score (nSPS) is 13.2. The number of hydrogen-bond donors (Lipinski definition) is 2. The molecule has 0 fully saturated rings. The van der Waals surface area contributed by atoms with Crippen LogP contribution in [0.3, 0.4) is 0 Å². The molecular weight excluding hydrogens is 344 g/mol. The maximum atomic E-state index is 12.4. The quantitative estimate of drug-likeness (QED) is 0.777. The van der Waals surface area contributed by atoms with E-state index in [-0.39, 0.29) is 9.56 Å². The molecule has 0 aliphatic rings. The third-order valence-corrected chi connectivity index (χ3v) is 5.53. The van der Waals surface area contributed by atoms with Crippen LogP contribution in [0.4, 0.5) is 0 Å². The molecular formula is C13H23BrN2O3S. The molecule has 1 heterocycles. The van der Waals surface area contributed by atoms with E-state index in [1.54, 1.807) is 6.07 Å². The van der Waals surface area contributed by atoms with Crippen LogP contribution in [0.1, 0.15) is 46.8 Å². The van der Waals surface area contributed by atoms with Gasteiger partial charge in [0.25, 0.3) is 0 Å². The SMILES string of the molecule is CCC(C)(C)NS(=O)(=O)c1cc(CNC(C)C)oc1Br. The second-order valence-electron chi connectivity index (χ2n) is 5.73. The van der Waals surface area contributed by atoms with Gasteiger partial charge in [0.05, 0.1) is 6.54 Å². The average molecular weight is 367 g/mol. The van der Waals surface area contributed by atoms with Crippen LogP contribution >= 0.6 is 15.9 Å². The van der Waals surface area contributed by atoms with Gasteiger partial charge in [0.1, 0.15) is 10.7 Å². The predicted molar refractivity (Wildman–Crippen MR) is 83.1 cm³/mol. The number of hydrogen-bond acceptors (Lipinski definition) is 4. The first-order valence-corrected chi connectivity index (χ1v) is 8.90. The van der Waals surface area contributed by atoms with Gasteiger partial charge >= 0.3 is 0 Å². The summed E-state index contributed by atoms with van der Waals surface area (Å²) in [4.78, 5) is 0.139. The second kappa shape index (κ2) is 6.60. The first-order valence-electron chi connectivity index (χ1n) is 6.63. The monoisotopic (exact) mass is 366 g/mol. The maximum Gasteiger partial charge on any atom is 0.245 e. The summed E-state index contributed by atoms with van der Waals surface area (Å²) in [7, 11) is -3.60. The second-order valence-corrected chi connectivity index (χ2v) is 8.10. The summed E-state index contributed by atoms with van der Waals surface area (Å²) in [6.45, 7) is 10.1. The van der Waals surface area contributed by atoms with Crippen LogP contribution in [0.2, 0.25) is 0 Å². The van der Waals surface area contributed by atoms with E-state index in [1.807, 2.05) is 34.6 Å². The van der Waals surface area contributed by atoms with E-state index in [9.17, 15) is 8.42 Å². The lowest BCUT2D eigenvalue weighted by Gasteiger charge is -2.23. The smallest absolute Gasteiger partial charge is 0.245 e. The molecule has 7 heteroatoms. The fourth-order valence-corrected chi connectivity index (χ4v) is 3.95. The minimum atomic E-state index is -3.60. The fraction of sp³-hybridized carbons (Fsp3) is 0.692. The van der Waals surface area contributed by atoms with Gasteiger partial charge in [-0.3, -0.25) is 0 Å². The van der Waals surface area contributed by atoms with Crippen LogP contribution in [-0.4, -0.2) is 20.0 Å². The zero-order valence-electron chi connectivity index (χ0n) is 12.6. The summed E-state index contributed by atoms with van der Waals surface area (Å²) >= 11 is 3.18. The number of rotatable bonds is 7. The Kier molecular flexibility index (Phi) is 5.83. The Balaban J connectivity index is 2.96. The van der Waals surface area contributed by atoms with Crippen molar-refractivity contribution in [1.82, 2.24) is 10.0 Å². The first kappa shape index (κ1) is 17.7. The maximum absolute atomic E-state index is 12.4. The zero-order chi connectivity index (χ0) is 15.6. The van der Waals surface area contributed by atoms with Gasteiger partial charge in [-0.1, -0.05) is 20.8 Å². The van der Waals surface area contributed by atoms with E-state index in [1.165, 1.54) is 0 Å². The van der Waals surface area contributed by atoms with Gasteiger partial charge in [-0.05, 0) is 36.2 Å². The lowest BCUT2D eigenvalue weighted by molar-refractivity contribution is 0.435. The summed E-state index contributed by atoms with van der Waals surface area (Å²) in [6, 6.07) is 1.85. The van der Waals surface area contributed by atoms with Crippen molar-refractivity contribution < 1.29 is 12.8 Å². The van der Waals surface area contributed by atoms with Crippen molar-refractivity contribution in [2.24, 2.45) is 0 Å². The minimum Gasteiger partial charge on any atom is -0.452 e. The van der Waals surface area contributed by atoms with Crippen molar-refractivity contribution in [3.8, 4) is 0 Å². The van der Waals surface area contributed by atoms with Crippen LogP contribution in [0.5, 0.6) is 0 Å². The van der Waals surface area contributed by atoms with Gasteiger partial charge in [0.2, 0.25) is 10.0 Å². The van der Waals surface area contributed by atoms with Crippen molar-refractivity contribution in [2.45, 2.75) is 64.1 Å². The summed E-state index contributed by atoms with van der Waals surface area (Å²) in [5, 5.41) is 3.18. The third-order valence-electron chi connectivity index (χ3n) is 2.98. The molecule has 0 saturated heterocycles. The van der Waals surface area contributed by atoms with Gasteiger partial charge in [-0.25, -0.2) is 13.1 Å². The molecule has 116 valence electrons. The van der Waals surface area contributed by atoms with Crippen LogP contribution in [0.25, 0.3) is 0 Å². The Morgan fingerprint density at radius 3 is 2.50 bits per heavy atom. The highest BCUT2D eigenvalue weighted by atomic mass is 79.9. The molecule has 0 aliphatic heterocycles. The molecule has 0 amide bonds. The Bertz CT molecular complexity index is 550. The van der Waals surface area contributed by atoms with Crippen LogP contribution in [0.15, 0.2) is 20.0 Å². The van der Waals surface area contributed by atoms with Crippen molar-refractivity contribution in [1.29, 1.82) is 0 Å². The number of halogens is 1. The highest BCUT2D eigenvalue weighted by Gasteiger charge is 2.28. The van der Waals surface area contributed by atoms with Crippen LogP contribution in [-0.2, 0) is 16.6 Å². The van der Waals surface area contributed by atoms with Gasteiger partial charge in [-0.15, -0.1) is 0 Å². The number of sulfonamides is 1. The molecule has 1 aromatic rings. The average Bonchev–Trinajstić information content (AvgIpc) is 2.67. The molecule has 0 aromatic carbocycles. The number of nitrogens with one attached hydrogen (secondary N) is 2. The molecule has 2 N–H and O–H groups in total. The number of furan rings is 1. The zero-order valence-corrected chi connectivity index (χ0v) is 15.0. The molecule has 1 aromatic heterocycles. The lowest BCUT2D eigenvalue weighted by atomic mass is 10.0. The first-order chi connectivity index (χ1) is 9.07. The Morgan fingerprint density at radius 1 is 1.40 bits per heavy atom.